The number of benzene rings is 2. The molecular weight excluding hydrogens is 448 g/mol. The number of ketones is 1. The molecule has 2 aromatic carbocycles. The Morgan fingerprint density at radius 2 is 1.59 bits per heavy atom. The van der Waals surface area contributed by atoms with Crippen molar-refractivity contribution in [3.05, 3.63) is 71.8 Å². The van der Waals surface area contributed by atoms with Crippen LogP contribution in [0.1, 0.15) is 24.0 Å². The highest BCUT2D eigenvalue weighted by Gasteiger charge is 2.74. The molecule has 1 heterocycles. The summed E-state index contributed by atoms with van der Waals surface area (Å²) in [5.41, 5.74) is -2.78. The van der Waals surface area contributed by atoms with Crippen LogP contribution in [-0.2, 0) is 22.6 Å². The second-order valence-corrected chi connectivity index (χ2v) is 11.2. The number of hydrogen-bond acceptors (Lipinski definition) is 8. The molecule has 1 saturated heterocycles. The van der Waals surface area contributed by atoms with Gasteiger partial charge in [0.05, 0.1) is 13.2 Å². The van der Waals surface area contributed by atoms with Crippen LogP contribution >= 0.6 is 21.6 Å². The van der Waals surface area contributed by atoms with Gasteiger partial charge in [0, 0.05) is 12.2 Å². The van der Waals surface area contributed by atoms with Gasteiger partial charge < -0.3 is 25.2 Å². The van der Waals surface area contributed by atoms with Gasteiger partial charge in [-0.25, -0.2) is 0 Å². The first-order valence-corrected chi connectivity index (χ1v) is 13.0. The third kappa shape index (κ3) is 3.92. The van der Waals surface area contributed by atoms with Gasteiger partial charge in [0.2, 0.25) is 0 Å². The van der Waals surface area contributed by atoms with Crippen LogP contribution in [0.25, 0.3) is 0 Å². The van der Waals surface area contributed by atoms with Crippen molar-refractivity contribution in [2.45, 2.75) is 54.0 Å². The highest BCUT2D eigenvalue weighted by atomic mass is 33.1. The van der Waals surface area contributed by atoms with Crippen LogP contribution in [0, 0.1) is 0 Å². The van der Waals surface area contributed by atoms with Crippen LogP contribution in [0.5, 0.6) is 0 Å². The maximum Gasteiger partial charge on any atom is 0.184 e. The maximum absolute atomic E-state index is 13.3. The van der Waals surface area contributed by atoms with E-state index in [1.165, 1.54) is 21.6 Å². The van der Waals surface area contributed by atoms with Gasteiger partial charge in [-0.05, 0) is 24.0 Å². The molecule has 5 atom stereocenters. The zero-order valence-corrected chi connectivity index (χ0v) is 19.2. The summed E-state index contributed by atoms with van der Waals surface area (Å²) < 4.78 is 4.37. The number of aliphatic hydroxyl groups excluding tert-OH is 2. The highest BCUT2D eigenvalue weighted by molar-refractivity contribution is 8.77. The van der Waals surface area contributed by atoms with Crippen LogP contribution in [0.15, 0.2) is 60.7 Å². The molecule has 1 spiro atoms. The van der Waals surface area contributed by atoms with E-state index in [1.807, 2.05) is 36.4 Å². The molecule has 172 valence electrons. The Kier molecular flexibility index (Phi) is 7.03. The van der Waals surface area contributed by atoms with Crippen LogP contribution < -0.4 is 0 Å². The van der Waals surface area contributed by atoms with E-state index in [-0.39, 0.29) is 26.1 Å². The van der Waals surface area contributed by atoms with Crippen LogP contribution in [-0.4, -0.2) is 66.7 Å². The second-order valence-electron chi connectivity index (χ2n) is 8.52. The van der Waals surface area contributed by atoms with E-state index in [0.717, 1.165) is 11.3 Å². The van der Waals surface area contributed by atoms with Crippen molar-refractivity contribution >= 4 is 27.4 Å². The molecule has 6 nitrogen and oxygen atoms in total. The van der Waals surface area contributed by atoms with Gasteiger partial charge in [-0.1, -0.05) is 82.3 Å². The average Bonchev–Trinajstić information content (AvgIpc) is 2.83. The van der Waals surface area contributed by atoms with E-state index in [2.05, 4.69) is 0 Å². The standard InChI is InChI=1S/C24H28O6S2/c25-19-20(26)22(28,14-17-8-3-1-4-9-17)24(29,16-30-15-18-10-5-2-6-11-18)23(21(19)27)12-7-13-31-32-23/h1-6,8-11,19-20,25-26,28-29H,7,12-16H2. The average molecular weight is 477 g/mol. The fraction of sp³-hybridized carbons (Fsp3) is 0.458. The Hall–Kier alpha value is -1.39. The minimum absolute atomic E-state index is 0.141. The lowest BCUT2D eigenvalue weighted by molar-refractivity contribution is -0.266. The predicted octanol–water partition coefficient (Wildman–Crippen LogP) is 2.13. The van der Waals surface area contributed by atoms with Crippen molar-refractivity contribution < 1.29 is 30.0 Å². The summed E-state index contributed by atoms with van der Waals surface area (Å²) in [5.74, 6) is 0.127. The number of aliphatic hydroxyl groups is 4. The van der Waals surface area contributed by atoms with Gasteiger partial charge in [0.25, 0.3) is 0 Å². The van der Waals surface area contributed by atoms with Gasteiger partial charge >= 0.3 is 0 Å². The summed E-state index contributed by atoms with van der Waals surface area (Å²) in [5, 5.41) is 45.7. The van der Waals surface area contributed by atoms with E-state index in [0.29, 0.717) is 12.0 Å². The molecule has 1 aliphatic carbocycles. The van der Waals surface area contributed by atoms with Gasteiger partial charge in [0.15, 0.2) is 5.78 Å². The molecule has 4 N–H and O–H groups in total. The lowest BCUT2D eigenvalue weighted by Crippen LogP contribution is -2.82. The monoisotopic (exact) mass is 476 g/mol. The maximum atomic E-state index is 13.3. The predicted molar refractivity (Wildman–Crippen MR) is 125 cm³/mol. The largest absolute Gasteiger partial charge is 0.387 e. The minimum Gasteiger partial charge on any atom is -0.387 e. The summed E-state index contributed by atoms with van der Waals surface area (Å²) in [7, 11) is 2.60. The molecule has 4 rings (SSSR count). The molecule has 2 fully saturated rings. The van der Waals surface area contributed by atoms with E-state index in [9.17, 15) is 25.2 Å². The smallest absolute Gasteiger partial charge is 0.184 e. The van der Waals surface area contributed by atoms with Gasteiger partial charge in [0.1, 0.15) is 28.2 Å². The van der Waals surface area contributed by atoms with Crippen molar-refractivity contribution in [1.82, 2.24) is 0 Å². The Bertz CT molecular complexity index is 921. The zero-order chi connectivity index (χ0) is 22.8. The number of carbonyl (C=O) groups is 1. The molecule has 0 radical (unpaired) electrons. The first-order chi connectivity index (χ1) is 15.3. The van der Waals surface area contributed by atoms with Crippen molar-refractivity contribution in [2.75, 3.05) is 12.4 Å². The first-order valence-electron chi connectivity index (χ1n) is 10.7. The SMILES string of the molecule is O=C1C(O)C(O)C(O)(Cc2ccccc2)C(O)(COCc2ccccc2)C12CCCSS2. The second kappa shape index (κ2) is 9.46. The Labute approximate surface area is 195 Å². The third-order valence-corrected chi connectivity index (χ3v) is 9.84. The summed E-state index contributed by atoms with van der Waals surface area (Å²) in [6, 6.07) is 18.4. The summed E-state index contributed by atoms with van der Waals surface area (Å²) in [6.07, 6.45) is -2.90. The summed E-state index contributed by atoms with van der Waals surface area (Å²) in [6.45, 7) is -0.195. The van der Waals surface area contributed by atoms with Crippen molar-refractivity contribution in [1.29, 1.82) is 0 Å². The molecule has 2 aromatic rings. The normalized spacial score (nSPS) is 35.2. The molecule has 32 heavy (non-hydrogen) atoms. The molecule has 8 heteroatoms. The fourth-order valence-electron chi connectivity index (χ4n) is 4.74. The van der Waals surface area contributed by atoms with Crippen LogP contribution in [0.4, 0.5) is 0 Å². The quantitative estimate of drug-likeness (QED) is 0.470. The van der Waals surface area contributed by atoms with Crippen molar-refractivity contribution in [3.63, 3.8) is 0 Å². The zero-order valence-electron chi connectivity index (χ0n) is 17.6. The number of Topliss-reactive ketones (excluding diaryl/α,β-unsaturated/α-hetero) is 1. The van der Waals surface area contributed by atoms with Gasteiger partial charge in [-0.3, -0.25) is 4.79 Å². The van der Waals surface area contributed by atoms with Crippen molar-refractivity contribution in [2.24, 2.45) is 0 Å². The number of rotatable bonds is 6. The molecule has 0 aromatic heterocycles. The summed E-state index contributed by atoms with van der Waals surface area (Å²) in [4.78, 5) is 13.3. The first kappa shape index (κ1) is 23.8. The highest BCUT2D eigenvalue weighted by Crippen LogP contribution is 2.58. The Balaban J connectivity index is 1.74. The topological polar surface area (TPSA) is 107 Å². The minimum atomic E-state index is -2.21. The molecular formula is C24H28O6S2. The van der Waals surface area contributed by atoms with E-state index in [4.69, 9.17) is 4.74 Å². The number of carbonyl (C=O) groups excluding carboxylic acids is 1. The molecule has 1 aliphatic heterocycles. The fourth-order valence-corrected chi connectivity index (χ4v) is 8.20. The van der Waals surface area contributed by atoms with Gasteiger partial charge in [-0.15, -0.1) is 0 Å². The van der Waals surface area contributed by atoms with E-state index >= 15 is 0 Å². The Morgan fingerprint density at radius 1 is 0.969 bits per heavy atom. The summed E-state index contributed by atoms with van der Waals surface area (Å²) >= 11 is 0. The van der Waals surface area contributed by atoms with Gasteiger partial charge in [-0.2, -0.15) is 0 Å². The van der Waals surface area contributed by atoms with Crippen molar-refractivity contribution in [3.8, 4) is 0 Å². The number of hydrogen-bond donors (Lipinski definition) is 4. The van der Waals surface area contributed by atoms with Crippen LogP contribution in [0.3, 0.4) is 0 Å². The van der Waals surface area contributed by atoms with Crippen LogP contribution in [0.2, 0.25) is 0 Å². The third-order valence-electron chi connectivity index (χ3n) is 6.54. The lowest BCUT2D eigenvalue weighted by Gasteiger charge is -2.60. The molecule has 2 aliphatic rings. The molecule has 0 amide bonds. The molecule has 5 unspecified atom stereocenters. The Morgan fingerprint density at radius 3 is 2.19 bits per heavy atom. The molecule has 0 bridgehead atoms. The number of ether oxygens (including phenoxy) is 1. The van der Waals surface area contributed by atoms with E-state index in [1.54, 1.807) is 24.3 Å². The van der Waals surface area contributed by atoms with E-state index < -0.39 is 33.9 Å². The molecule has 1 saturated carbocycles. The lowest BCUT2D eigenvalue weighted by atomic mass is 9.59.